The summed E-state index contributed by atoms with van der Waals surface area (Å²) in [6.45, 7) is 0. The minimum Gasteiger partial charge on any atom is -0.390 e. The maximum Gasteiger partial charge on any atom is 0.0651 e. The number of aliphatic hydroxyl groups is 1. The second kappa shape index (κ2) is 3.81. The molecule has 1 saturated carbocycles. The van der Waals surface area contributed by atoms with Gasteiger partial charge in [-0.05, 0) is 48.1 Å². The summed E-state index contributed by atoms with van der Waals surface area (Å²) in [5, 5.41) is 14.4. The van der Waals surface area contributed by atoms with Crippen LogP contribution in [0.2, 0.25) is 0 Å². The van der Waals surface area contributed by atoms with E-state index in [1.165, 1.54) is 18.4 Å². The molecule has 2 rings (SSSR count). The fourth-order valence-electron chi connectivity index (χ4n) is 2.10. The van der Waals surface area contributed by atoms with Gasteiger partial charge in [-0.3, -0.25) is 0 Å². The molecule has 13 heavy (non-hydrogen) atoms. The molecule has 1 fully saturated rings. The van der Waals surface area contributed by atoms with Gasteiger partial charge in [-0.1, -0.05) is 12.8 Å². The Bertz CT molecular complexity index is 247. The molecule has 0 unspecified atom stereocenters. The Kier molecular flexibility index (Phi) is 2.70. The maximum atomic E-state index is 10.1. The highest BCUT2D eigenvalue weighted by molar-refractivity contribution is 7.07. The molecule has 0 aromatic carbocycles. The van der Waals surface area contributed by atoms with E-state index in [1.807, 2.05) is 0 Å². The van der Waals surface area contributed by atoms with Crippen LogP contribution in [-0.2, 0) is 6.42 Å². The van der Waals surface area contributed by atoms with E-state index in [-0.39, 0.29) is 5.60 Å². The summed E-state index contributed by atoms with van der Waals surface area (Å²) in [6.07, 6.45) is 6.43. The van der Waals surface area contributed by atoms with Gasteiger partial charge in [0.25, 0.3) is 0 Å². The highest BCUT2D eigenvalue weighted by atomic mass is 32.1. The molecule has 1 aliphatic rings. The van der Waals surface area contributed by atoms with Gasteiger partial charge in [0.2, 0.25) is 0 Å². The highest BCUT2D eigenvalue weighted by Gasteiger charge is 2.30. The molecule has 1 aromatic heterocycles. The van der Waals surface area contributed by atoms with Crippen LogP contribution in [0, 0.1) is 0 Å². The molecule has 1 N–H and O–H groups in total. The normalized spacial score (nSPS) is 20.7. The Morgan fingerprint density at radius 3 is 2.77 bits per heavy atom. The van der Waals surface area contributed by atoms with Gasteiger partial charge in [-0.25, -0.2) is 0 Å². The second-order valence-corrected chi connectivity index (χ2v) is 4.84. The summed E-state index contributed by atoms with van der Waals surface area (Å²) >= 11 is 1.74. The Balaban J connectivity index is 1.85. The van der Waals surface area contributed by atoms with E-state index < -0.39 is 0 Å². The van der Waals surface area contributed by atoms with Gasteiger partial charge in [0.05, 0.1) is 5.60 Å². The van der Waals surface area contributed by atoms with Crippen LogP contribution < -0.4 is 0 Å². The average Bonchev–Trinajstić information content (AvgIpc) is 2.72. The first-order valence-electron chi connectivity index (χ1n) is 5.02. The van der Waals surface area contributed by atoms with E-state index in [9.17, 15) is 5.11 Å². The van der Waals surface area contributed by atoms with Crippen molar-refractivity contribution >= 4 is 11.3 Å². The van der Waals surface area contributed by atoms with Crippen molar-refractivity contribution in [3.8, 4) is 0 Å². The lowest BCUT2D eigenvalue weighted by molar-refractivity contribution is 0.0392. The summed E-state index contributed by atoms with van der Waals surface area (Å²) in [5.41, 5.74) is 1.05. The molecular weight excluding hydrogens is 180 g/mol. The van der Waals surface area contributed by atoms with E-state index in [4.69, 9.17) is 0 Å². The molecule has 1 nitrogen and oxygen atoms in total. The number of aryl methyl sites for hydroxylation is 1. The van der Waals surface area contributed by atoms with Gasteiger partial charge < -0.3 is 5.11 Å². The van der Waals surface area contributed by atoms with Crippen LogP contribution in [-0.4, -0.2) is 10.7 Å². The number of hydrogen-bond acceptors (Lipinski definition) is 2. The zero-order valence-electron chi connectivity index (χ0n) is 7.83. The Labute approximate surface area is 83.4 Å². The molecule has 1 aliphatic carbocycles. The van der Waals surface area contributed by atoms with Crippen molar-refractivity contribution in [2.24, 2.45) is 0 Å². The van der Waals surface area contributed by atoms with E-state index in [2.05, 4.69) is 16.8 Å². The van der Waals surface area contributed by atoms with Crippen molar-refractivity contribution in [1.29, 1.82) is 0 Å². The molecule has 0 spiro atoms. The van der Waals surface area contributed by atoms with E-state index >= 15 is 0 Å². The van der Waals surface area contributed by atoms with Gasteiger partial charge in [0.1, 0.15) is 0 Å². The maximum absolute atomic E-state index is 10.1. The first kappa shape index (κ1) is 9.22. The van der Waals surface area contributed by atoms with Crippen LogP contribution in [0.5, 0.6) is 0 Å². The van der Waals surface area contributed by atoms with Crippen molar-refractivity contribution in [3.05, 3.63) is 22.4 Å². The molecule has 0 amide bonds. The van der Waals surface area contributed by atoms with Crippen LogP contribution in [0.1, 0.15) is 37.7 Å². The van der Waals surface area contributed by atoms with Gasteiger partial charge in [-0.2, -0.15) is 11.3 Å². The Morgan fingerprint density at radius 2 is 2.15 bits per heavy atom. The first-order chi connectivity index (χ1) is 6.29. The molecule has 0 saturated heterocycles. The van der Waals surface area contributed by atoms with E-state index in [0.29, 0.717) is 0 Å². The standard InChI is InChI=1S/C11H16OS/c12-11(5-1-2-6-11)7-3-10-4-8-13-9-10/h4,8-9,12H,1-3,5-7H2. The van der Waals surface area contributed by atoms with Gasteiger partial charge in [0, 0.05) is 0 Å². The molecular formula is C11H16OS. The molecule has 1 aromatic rings. The predicted molar refractivity (Wildman–Crippen MR) is 56.1 cm³/mol. The number of thiophene rings is 1. The quantitative estimate of drug-likeness (QED) is 0.788. The number of rotatable bonds is 3. The Morgan fingerprint density at radius 1 is 1.38 bits per heavy atom. The second-order valence-electron chi connectivity index (χ2n) is 4.06. The molecule has 0 aliphatic heterocycles. The topological polar surface area (TPSA) is 20.2 Å². The lowest BCUT2D eigenvalue weighted by atomic mass is 9.94. The van der Waals surface area contributed by atoms with E-state index in [1.54, 1.807) is 11.3 Å². The van der Waals surface area contributed by atoms with E-state index in [0.717, 1.165) is 25.7 Å². The summed E-state index contributed by atoms with van der Waals surface area (Å²) in [6, 6.07) is 2.16. The fourth-order valence-corrected chi connectivity index (χ4v) is 2.80. The predicted octanol–water partition coefficient (Wildman–Crippen LogP) is 2.99. The largest absolute Gasteiger partial charge is 0.390 e. The van der Waals surface area contributed by atoms with Crippen molar-refractivity contribution < 1.29 is 5.11 Å². The van der Waals surface area contributed by atoms with Crippen molar-refractivity contribution in [2.45, 2.75) is 44.1 Å². The van der Waals surface area contributed by atoms with Crippen molar-refractivity contribution in [2.75, 3.05) is 0 Å². The monoisotopic (exact) mass is 196 g/mol. The Hall–Kier alpha value is -0.340. The third-order valence-electron chi connectivity index (χ3n) is 2.99. The zero-order valence-corrected chi connectivity index (χ0v) is 8.65. The highest BCUT2D eigenvalue weighted by Crippen LogP contribution is 2.33. The molecule has 1 heterocycles. The third kappa shape index (κ3) is 2.32. The lowest BCUT2D eigenvalue weighted by Crippen LogP contribution is -2.24. The third-order valence-corrected chi connectivity index (χ3v) is 3.73. The average molecular weight is 196 g/mol. The van der Waals surface area contributed by atoms with Crippen LogP contribution >= 0.6 is 11.3 Å². The first-order valence-corrected chi connectivity index (χ1v) is 5.96. The van der Waals surface area contributed by atoms with Crippen LogP contribution in [0.3, 0.4) is 0 Å². The summed E-state index contributed by atoms with van der Waals surface area (Å²) in [7, 11) is 0. The smallest absolute Gasteiger partial charge is 0.0651 e. The minimum absolute atomic E-state index is 0.331. The zero-order chi connectivity index (χ0) is 9.15. The molecule has 0 bridgehead atoms. The van der Waals surface area contributed by atoms with Crippen LogP contribution in [0.4, 0.5) is 0 Å². The minimum atomic E-state index is -0.331. The summed E-state index contributed by atoms with van der Waals surface area (Å²) in [4.78, 5) is 0. The molecule has 2 heteroatoms. The fraction of sp³-hybridized carbons (Fsp3) is 0.636. The molecule has 72 valence electrons. The molecule has 0 radical (unpaired) electrons. The number of hydrogen-bond donors (Lipinski definition) is 1. The van der Waals surface area contributed by atoms with Gasteiger partial charge in [0.15, 0.2) is 0 Å². The van der Waals surface area contributed by atoms with Crippen molar-refractivity contribution in [3.63, 3.8) is 0 Å². The van der Waals surface area contributed by atoms with Crippen LogP contribution in [0.15, 0.2) is 16.8 Å². The van der Waals surface area contributed by atoms with Gasteiger partial charge in [-0.15, -0.1) is 0 Å². The summed E-state index contributed by atoms with van der Waals surface area (Å²) < 4.78 is 0. The summed E-state index contributed by atoms with van der Waals surface area (Å²) in [5.74, 6) is 0. The van der Waals surface area contributed by atoms with Crippen molar-refractivity contribution in [1.82, 2.24) is 0 Å². The molecule has 0 atom stereocenters. The lowest BCUT2D eigenvalue weighted by Gasteiger charge is -2.21. The van der Waals surface area contributed by atoms with Gasteiger partial charge >= 0.3 is 0 Å². The van der Waals surface area contributed by atoms with Crippen LogP contribution in [0.25, 0.3) is 0 Å². The SMILES string of the molecule is OC1(CCc2ccsc2)CCCC1.